The molecule has 1 saturated heterocycles. The van der Waals surface area contributed by atoms with Crippen LogP contribution in [0.25, 0.3) is 0 Å². The number of phosphoric ester groups is 1. The molecule has 1 saturated carbocycles. The van der Waals surface area contributed by atoms with E-state index < -0.39 is 19.0 Å². The monoisotopic (exact) mass is 335 g/mol. The molecule has 3 unspecified atom stereocenters. The van der Waals surface area contributed by atoms with Gasteiger partial charge in [-0.25, -0.2) is 0 Å². The van der Waals surface area contributed by atoms with Crippen LogP contribution in [0.2, 0.25) is 0 Å². The maximum atomic E-state index is 12.3. The molecule has 0 spiro atoms. The van der Waals surface area contributed by atoms with Crippen molar-refractivity contribution in [3.63, 3.8) is 0 Å². The van der Waals surface area contributed by atoms with Gasteiger partial charge in [-0.1, -0.05) is 0 Å². The summed E-state index contributed by atoms with van der Waals surface area (Å²) in [7, 11) is -4.42. The van der Waals surface area contributed by atoms with Crippen LogP contribution in [0.3, 0.4) is 0 Å². The maximum absolute atomic E-state index is 12.3. The van der Waals surface area contributed by atoms with E-state index >= 15 is 0 Å². The average molecular weight is 335 g/mol. The summed E-state index contributed by atoms with van der Waals surface area (Å²) in [6.07, 6.45) is 1.36. The number of hydrogen-bond donors (Lipinski definition) is 0. The van der Waals surface area contributed by atoms with E-state index in [0.29, 0.717) is 12.8 Å². The number of phosphoric acid groups is 1. The van der Waals surface area contributed by atoms with E-state index in [2.05, 4.69) is 0 Å². The van der Waals surface area contributed by atoms with Gasteiger partial charge < -0.3 is 23.4 Å². The first-order valence-electron chi connectivity index (χ1n) is 7.96. The number of hydrogen-bond acceptors (Lipinski definition) is 6. The van der Waals surface area contributed by atoms with Crippen molar-refractivity contribution in [1.29, 1.82) is 0 Å². The van der Waals surface area contributed by atoms with Gasteiger partial charge in [0.2, 0.25) is 0 Å². The Morgan fingerprint density at radius 2 is 2.00 bits per heavy atom. The predicted molar refractivity (Wildman–Crippen MR) is 80.5 cm³/mol. The normalized spacial score (nSPS) is 38.3. The molecule has 6 nitrogen and oxygen atoms in total. The third kappa shape index (κ3) is 4.31. The Morgan fingerprint density at radius 1 is 1.36 bits per heavy atom. The summed E-state index contributed by atoms with van der Waals surface area (Å²) < 4.78 is 34.7. The van der Waals surface area contributed by atoms with Crippen molar-refractivity contribution in [2.24, 2.45) is 0 Å². The molecule has 2 rings (SSSR count). The van der Waals surface area contributed by atoms with Gasteiger partial charge in [-0.3, -0.25) is 4.57 Å². The smallest absolute Gasteiger partial charge is 0.269 e. The van der Waals surface area contributed by atoms with Gasteiger partial charge in [-0.15, -0.1) is 0 Å². The van der Waals surface area contributed by atoms with E-state index in [0.717, 1.165) is 6.42 Å². The highest BCUT2D eigenvalue weighted by atomic mass is 31.2. The molecule has 0 aromatic rings. The Labute approximate surface area is 133 Å². The minimum Gasteiger partial charge on any atom is -0.756 e. The fraction of sp³-hybridized carbons (Fsp3) is 1.00. The maximum Gasteiger partial charge on any atom is 0.269 e. The fourth-order valence-corrected chi connectivity index (χ4v) is 4.86. The summed E-state index contributed by atoms with van der Waals surface area (Å²) in [6, 6.07) is 0. The number of ether oxygens (including phenoxy) is 2. The highest BCUT2D eigenvalue weighted by Gasteiger charge is 2.58. The van der Waals surface area contributed by atoms with Crippen molar-refractivity contribution in [2.45, 2.75) is 96.4 Å². The zero-order chi connectivity index (χ0) is 16.8. The molecule has 0 bridgehead atoms. The highest BCUT2D eigenvalue weighted by Crippen LogP contribution is 2.56. The van der Waals surface area contributed by atoms with Crippen molar-refractivity contribution in [3.8, 4) is 0 Å². The summed E-state index contributed by atoms with van der Waals surface area (Å²) in [5.74, 6) is 0. The van der Waals surface area contributed by atoms with Gasteiger partial charge in [0.1, 0.15) is 11.7 Å². The van der Waals surface area contributed by atoms with Gasteiger partial charge in [0.05, 0.1) is 23.9 Å². The lowest BCUT2D eigenvalue weighted by Gasteiger charge is -2.38. The zero-order valence-corrected chi connectivity index (χ0v) is 15.2. The van der Waals surface area contributed by atoms with Crippen LogP contribution in [0, 0.1) is 0 Å². The summed E-state index contributed by atoms with van der Waals surface area (Å²) >= 11 is 0. The molecule has 5 atom stereocenters. The molecule has 0 aromatic carbocycles. The molecule has 7 heteroatoms. The third-order valence-corrected chi connectivity index (χ3v) is 5.20. The highest BCUT2D eigenvalue weighted by molar-refractivity contribution is 7.46. The third-order valence-electron chi connectivity index (χ3n) is 3.85. The minimum absolute atomic E-state index is 0.0572. The molecule has 0 radical (unpaired) electrons. The lowest BCUT2D eigenvalue weighted by molar-refractivity contribution is -0.247. The molecule has 2 aliphatic rings. The fourth-order valence-electron chi connectivity index (χ4n) is 3.43. The quantitative estimate of drug-likeness (QED) is 0.719. The Kier molecular flexibility index (Phi) is 5.14. The van der Waals surface area contributed by atoms with Crippen LogP contribution in [-0.4, -0.2) is 35.6 Å². The Balaban J connectivity index is 2.15. The second-order valence-electron chi connectivity index (χ2n) is 7.64. The lowest BCUT2D eigenvalue weighted by Crippen LogP contribution is -2.43. The van der Waals surface area contributed by atoms with E-state index in [1.165, 1.54) is 0 Å². The largest absolute Gasteiger partial charge is 0.756 e. The van der Waals surface area contributed by atoms with Crippen molar-refractivity contribution in [2.75, 3.05) is 0 Å². The van der Waals surface area contributed by atoms with E-state index in [-0.39, 0.29) is 24.4 Å². The molecule has 0 N–H and O–H groups in total. The standard InChI is InChI=1S/C15H29O6P/c1-10(2)18-12-7-8-15(9-11(3)19-13(12)15)21-22(16,17)20-14(4,5)6/h10-13H,7-9H2,1-6H3,(H,16,17)/p-1/t11-,12-,13?,15?/m0/s1. The second kappa shape index (κ2) is 6.15. The summed E-state index contributed by atoms with van der Waals surface area (Å²) in [5.41, 5.74) is -1.68. The topological polar surface area (TPSA) is 77.1 Å². The molecule has 0 aromatic heterocycles. The van der Waals surface area contributed by atoms with Gasteiger partial charge in [-0.2, -0.15) is 0 Å². The Hall–Kier alpha value is 0.0300. The van der Waals surface area contributed by atoms with E-state index in [1.54, 1.807) is 20.8 Å². The van der Waals surface area contributed by atoms with Crippen molar-refractivity contribution < 1.29 is 28.0 Å². The molecule has 1 heterocycles. The van der Waals surface area contributed by atoms with E-state index in [4.69, 9.17) is 18.5 Å². The van der Waals surface area contributed by atoms with Crippen LogP contribution in [0.5, 0.6) is 0 Å². The molecule has 1 aliphatic heterocycles. The van der Waals surface area contributed by atoms with Crippen LogP contribution in [-0.2, 0) is 23.1 Å². The van der Waals surface area contributed by atoms with Crippen molar-refractivity contribution in [3.05, 3.63) is 0 Å². The number of fused-ring (bicyclic) bond motifs is 1. The summed E-state index contributed by atoms with van der Waals surface area (Å²) in [6.45, 7) is 10.9. The van der Waals surface area contributed by atoms with Crippen molar-refractivity contribution in [1.82, 2.24) is 0 Å². The molecular formula is C15H28O6P-. The van der Waals surface area contributed by atoms with Crippen LogP contribution >= 0.6 is 7.82 Å². The van der Waals surface area contributed by atoms with Gasteiger partial charge in [0.25, 0.3) is 7.82 Å². The van der Waals surface area contributed by atoms with Gasteiger partial charge in [0, 0.05) is 6.42 Å². The van der Waals surface area contributed by atoms with Crippen LogP contribution < -0.4 is 4.89 Å². The van der Waals surface area contributed by atoms with Crippen LogP contribution in [0.1, 0.15) is 60.8 Å². The van der Waals surface area contributed by atoms with E-state index in [1.807, 2.05) is 20.8 Å². The second-order valence-corrected chi connectivity index (χ2v) is 8.90. The molecule has 1 aliphatic carbocycles. The zero-order valence-electron chi connectivity index (χ0n) is 14.3. The molecule has 0 amide bonds. The summed E-state index contributed by atoms with van der Waals surface area (Å²) in [5, 5.41) is 0. The van der Waals surface area contributed by atoms with Crippen LogP contribution in [0.4, 0.5) is 0 Å². The first-order chi connectivity index (χ1) is 9.92. The predicted octanol–water partition coefficient (Wildman–Crippen LogP) is 2.79. The molecular weight excluding hydrogens is 307 g/mol. The van der Waals surface area contributed by atoms with Crippen molar-refractivity contribution >= 4 is 7.82 Å². The lowest BCUT2D eigenvalue weighted by atomic mass is 9.96. The number of rotatable bonds is 5. The Bertz CT molecular complexity index is 446. The molecule has 2 fully saturated rings. The van der Waals surface area contributed by atoms with Gasteiger partial charge in [-0.05, 0) is 54.4 Å². The Morgan fingerprint density at radius 3 is 2.55 bits per heavy atom. The first-order valence-corrected chi connectivity index (χ1v) is 9.42. The summed E-state index contributed by atoms with van der Waals surface area (Å²) in [4.78, 5) is 12.3. The minimum atomic E-state index is -4.42. The first kappa shape index (κ1) is 18.4. The van der Waals surface area contributed by atoms with Gasteiger partial charge >= 0.3 is 0 Å². The molecule has 130 valence electrons. The average Bonchev–Trinajstić information content (AvgIpc) is 2.69. The van der Waals surface area contributed by atoms with Gasteiger partial charge in [0.15, 0.2) is 0 Å². The van der Waals surface area contributed by atoms with Crippen LogP contribution in [0.15, 0.2) is 0 Å². The SMILES string of the molecule is CC(C)O[C@H]1CCC2(OP(=O)([O-])OC(C)(C)C)C[C@H](C)OC12. The van der Waals surface area contributed by atoms with E-state index in [9.17, 15) is 9.46 Å². The molecule has 22 heavy (non-hydrogen) atoms.